The molecule has 1 saturated carbocycles. The van der Waals surface area contributed by atoms with Gasteiger partial charge in [-0.2, -0.15) is 4.98 Å². The Morgan fingerprint density at radius 3 is 2.70 bits per heavy atom. The Morgan fingerprint density at radius 1 is 1.15 bits per heavy atom. The van der Waals surface area contributed by atoms with Crippen molar-refractivity contribution in [2.75, 3.05) is 0 Å². The average molecular weight is 387 g/mol. The summed E-state index contributed by atoms with van der Waals surface area (Å²) in [5.41, 5.74) is 6.85. The number of fused-ring (bicyclic) bond motifs is 1. The number of nitrogens with one attached hydrogen (secondary N) is 1. The van der Waals surface area contributed by atoms with Gasteiger partial charge < -0.3 is 15.6 Å². The van der Waals surface area contributed by atoms with Crippen LogP contribution < -0.4 is 11.1 Å². The molecule has 3 aromatic rings. The van der Waals surface area contributed by atoms with Gasteiger partial charge >= 0.3 is 0 Å². The van der Waals surface area contributed by atoms with Gasteiger partial charge in [-0.3, -0.25) is 4.79 Å². The average Bonchev–Trinajstić information content (AvgIpc) is 3.30. The number of carbonyl (C=O) groups excluding carboxylic acids is 1. The zero-order chi connectivity index (χ0) is 18.0. The summed E-state index contributed by atoms with van der Waals surface area (Å²) in [6, 6.07) is 14.0. The molecule has 3 N–H and O–H groups in total. The van der Waals surface area contributed by atoms with Crippen LogP contribution in [0.5, 0.6) is 0 Å². The molecule has 2 aromatic carbocycles. The second kappa shape index (κ2) is 8.06. The van der Waals surface area contributed by atoms with E-state index in [0.29, 0.717) is 18.1 Å². The van der Waals surface area contributed by atoms with Gasteiger partial charge in [-0.05, 0) is 29.2 Å². The van der Waals surface area contributed by atoms with Crippen LogP contribution in [0.4, 0.5) is 0 Å². The molecule has 1 aliphatic carbocycles. The van der Waals surface area contributed by atoms with Gasteiger partial charge in [0.15, 0.2) is 5.82 Å². The monoisotopic (exact) mass is 386 g/mol. The number of carbonyl (C=O) groups is 1. The summed E-state index contributed by atoms with van der Waals surface area (Å²) < 4.78 is 5.26. The summed E-state index contributed by atoms with van der Waals surface area (Å²) in [7, 11) is 0. The summed E-state index contributed by atoms with van der Waals surface area (Å²) in [6.45, 7) is 0.215. The molecule has 0 atom stereocenters. The minimum Gasteiger partial charge on any atom is -0.347 e. The molecule has 0 bridgehead atoms. The first-order valence-corrected chi connectivity index (χ1v) is 8.99. The van der Waals surface area contributed by atoms with E-state index < -0.39 is 5.54 Å². The van der Waals surface area contributed by atoms with Gasteiger partial charge in [0.05, 0.1) is 18.5 Å². The summed E-state index contributed by atoms with van der Waals surface area (Å²) in [5.74, 6) is 0.862. The normalized spacial score (nSPS) is 15.4. The molecule has 1 fully saturated rings. The molecule has 0 unspecified atom stereocenters. The predicted molar refractivity (Wildman–Crippen MR) is 105 cm³/mol. The molecule has 1 amide bonds. The Kier molecular flexibility index (Phi) is 5.77. The summed E-state index contributed by atoms with van der Waals surface area (Å²) in [5, 5.41) is 9.09. The molecule has 6 nitrogen and oxygen atoms in total. The molecule has 142 valence electrons. The number of benzene rings is 2. The lowest BCUT2D eigenvalue weighted by Gasteiger charge is -2.17. The predicted octanol–water partition coefficient (Wildman–Crippen LogP) is 3.23. The van der Waals surface area contributed by atoms with Gasteiger partial charge in [-0.25, -0.2) is 0 Å². The Morgan fingerprint density at radius 2 is 1.89 bits per heavy atom. The fourth-order valence-corrected chi connectivity index (χ4v) is 3.61. The molecule has 0 radical (unpaired) electrons. The SMILES string of the molecule is Cl.NC1(c2noc(CNC(=O)Cc3cccc4ccccc34)n2)CCCC1. The standard InChI is InChI=1S/C20H22N4O2.ClH/c21-20(10-3-4-11-20)19-23-18(26-24-19)13-22-17(25)12-15-8-5-7-14-6-1-2-9-16(14)15;/h1-2,5-9H,3-4,10-13,21H2,(H,22,25);1H. The third kappa shape index (κ3) is 4.12. The molecule has 1 aliphatic rings. The Balaban J connectivity index is 0.00000210. The second-order valence-corrected chi connectivity index (χ2v) is 6.97. The highest BCUT2D eigenvalue weighted by molar-refractivity contribution is 5.90. The second-order valence-electron chi connectivity index (χ2n) is 6.97. The third-order valence-corrected chi connectivity index (χ3v) is 5.08. The quantitative estimate of drug-likeness (QED) is 0.702. The molecule has 27 heavy (non-hydrogen) atoms. The van der Waals surface area contributed by atoms with Crippen LogP contribution in [0, 0.1) is 0 Å². The molecular weight excluding hydrogens is 364 g/mol. The molecule has 1 aromatic heterocycles. The van der Waals surface area contributed by atoms with Gasteiger partial charge in [-0.1, -0.05) is 60.5 Å². The zero-order valence-corrected chi connectivity index (χ0v) is 15.8. The van der Waals surface area contributed by atoms with E-state index in [1.54, 1.807) is 0 Å². The van der Waals surface area contributed by atoms with Crippen LogP contribution in [0.1, 0.15) is 43.0 Å². The van der Waals surface area contributed by atoms with E-state index in [1.165, 1.54) is 0 Å². The lowest BCUT2D eigenvalue weighted by Crippen LogP contribution is -2.34. The van der Waals surface area contributed by atoms with Crippen molar-refractivity contribution in [2.24, 2.45) is 5.73 Å². The van der Waals surface area contributed by atoms with Crippen molar-refractivity contribution in [2.45, 2.75) is 44.2 Å². The lowest BCUT2D eigenvalue weighted by atomic mass is 9.99. The van der Waals surface area contributed by atoms with Crippen LogP contribution in [0.3, 0.4) is 0 Å². The van der Waals surface area contributed by atoms with Crippen LogP contribution >= 0.6 is 12.4 Å². The van der Waals surface area contributed by atoms with Gasteiger partial charge in [0.25, 0.3) is 0 Å². The topological polar surface area (TPSA) is 94.0 Å². The van der Waals surface area contributed by atoms with Gasteiger partial charge in [0, 0.05) is 0 Å². The van der Waals surface area contributed by atoms with E-state index in [-0.39, 0.29) is 24.9 Å². The van der Waals surface area contributed by atoms with Crippen molar-refractivity contribution in [1.29, 1.82) is 0 Å². The van der Waals surface area contributed by atoms with Crippen molar-refractivity contribution >= 4 is 29.1 Å². The summed E-state index contributed by atoms with van der Waals surface area (Å²) >= 11 is 0. The van der Waals surface area contributed by atoms with Gasteiger partial charge in [0.1, 0.15) is 0 Å². The van der Waals surface area contributed by atoms with E-state index in [2.05, 4.69) is 15.5 Å². The van der Waals surface area contributed by atoms with Gasteiger partial charge in [-0.15, -0.1) is 12.4 Å². The minimum atomic E-state index is -0.477. The number of hydrogen-bond acceptors (Lipinski definition) is 5. The van der Waals surface area contributed by atoms with Crippen LogP contribution in [0.2, 0.25) is 0 Å². The number of halogens is 1. The van der Waals surface area contributed by atoms with Crippen molar-refractivity contribution in [3.8, 4) is 0 Å². The number of aromatic nitrogens is 2. The first kappa shape index (κ1) is 19.3. The summed E-state index contributed by atoms with van der Waals surface area (Å²) in [6.07, 6.45) is 4.23. The number of amides is 1. The van der Waals surface area contributed by atoms with E-state index in [1.807, 2.05) is 42.5 Å². The zero-order valence-electron chi connectivity index (χ0n) is 15.0. The molecule has 7 heteroatoms. The molecule has 0 aliphatic heterocycles. The highest BCUT2D eigenvalue weighted by Gasteiger charge is 2.35. The number of nitrogens with two attached hydrogens (primary N) is 1. The van der Waals surface area contributed by atoms with Crippen LogP contribution in [0.25, 0.3) is 10.8 Å². The molecule has 4 rings (SSSR count). The number of hydrogen-bond donors (Lipinski definition) is 2. The third-order valence-electron chi connectivity index (χ3n) is 5.08. The maximum Gasteiger partial charge on any atom is 0.246 e. The number of nitrogens with zero attached hydrogens (tertiary/aromatic N) is 2. The Labute approximate surface area is 163 Å². The van der Waals surface area contributed by atoms with E-state index in [0.717, 1.165) is 42.0 Å². The van der Waals surface area contributed by atoms with Crippen LogP contribution in [-0.2, 0) is 23.3 Å². The van der Waals surface area contributed by atoms with Crippen molar-refractivity contribution in [1.82, 2.24) is 15.5 Å². The minimum absolute atomic E-state index is 0. The fourth-order valence-electron chi connectivity index (χ4n) is 3.61. The van der Waals surface area contributed by atoms with E-state index >= 15 is 0 Å². The lowest BCUT2D eigenvalue weighted by molar-refractivity contribution is -0.120. The Bertz CT molecular complexity index is 929. The Hall–Kier alpha value is -2.44. The molecular formula is C20H23ClN4O2. The van der Waals surface area contributed by atoms with Crippen LogP contribution in [0.15, 0.2) is 47.0 Å². The maximum absolute atomic E-state index is 12.3. The van der Waals surface area contributed by atoms with E-state index in [4.69, 9.17) is 10.3 Å². The summed E-state index contributed by atoms with van der Waals surface area (Å²) in [4.78, 5) is 16.7. The molecule has 0 spiro atoms. The molecule has 1 heterocycles. The first-order chi connectivity index (χ1) is 12.6. The van der Waals surface area contributed by atoms with Crippen molar-refractivity contribution in [3.63, 3.8) is 0 Å². The van der Waals surface area contributed by atoms with Crippen molar-refractivity contribution in [3.05, 3.63) is 59.7 Å². The van der Waals surface area contributed by atoms with Gasteiger partial charge in [0.2, 0.25) is 11.8 Å². The van der Waals surface area contributed by atoms with Crippen LogP contribution in [-0.4, -0.2) is 16.0 Å². The smallest absolute Gasteiger partial charge is 0.246 e. The molecule has 0 saturated heterocycles. The highest BCUT2D eigenvalue weighted by atomic mass is 35.5. The fraction of sp³-hybridized carbons (Fsp3) is 0.350. The maximum atomic E-state index is 12.3. The largest absolute Gasteiger partial charge is 0.347 e. The number of rotatable bonds is 5. The van der Waals surface area contributed by atoms with E-state index in [9.17, 15) is 4.79 Å². The first-order valence-electron chi connectivity index (χ1n) is 8.99. The van der Waals surface area contributed by atoms with Crippen molar-refractivity contribution < 1.29 is 9.32 Å². The highest BCUT2D eigenvalue weighted by Crippen LogP contribution is 2.34.